The molecule has 0 saturated heterocycles. The maximum atomic E-state index is 13.5. The van der Waals surface area contributed by atoms with Gasteiger partial charge in [-0.1, -0.05) is 44.2 Å². The van der Waals surface area contributed by atoms with Crippen LogP contribution in [0.3, 0.4) is 0 Å². The van der Waals surface area contributed by atoms with Crippen LogP contribution in [0.5, 0.6) is 11.5 Å². The van der Waals surface area contributed by atoms with Crippen LogP contribution < -0.4 is 15.2 Å². The number of benzene rings is 3. The third-order valence-corrected chi connectivity index (χ3v) is 6.80. The Morgan fingerprint density at radius 2 is 1.78 bits per heavy atom. The van der Waals surface area contributed by atoms with Gasteiger partial charge in [-0.15, -0.1) is 9.78 Å². The molecule has 0 saturated carbocycles. The molecule has 0 aliphatic heterocycles. The van der Waals surface area contributed by atoms with Gasteiger partial charge in [0.05, 0.1) is 11.3 Å². The first-order valence-corrected chi connectivity index (χ1v) is 13.3. The largest absolute Gasteiger partial charge is 0.488 e. The highest BCUT2D eigenvalue weighted by molar-refractivity contribution is 5.83. The van der Waals surface area contributed by atoms with Gasteiger partial charge in [0, 0.05) is 36.8 Å². The molecular weight excluding hydrogens is 524 g/mol. The molecule has 3 aromatic carbocycles. The fraction of sp³-hybridized carbons (Fsp3) is 0.258. The molecule has 0 bridgehead atoms. The Labute approximate surface area is 236 Å². The Balaban J connectivity index is 1.72. The number of fused-ring (bicyclic) bond motifs is 1. The molecule has 0 aliphatic rings. The summed E-state index contributed by atoms with van der Waals surface area (Å²) in [6.07, 6.45) is 0.438. The van der Waals surface area contributed by atoms with Crippen LogP contribution in [0.25, 0.3) is 28.0 Å². The van der Waals surface area contributed by atoms with Gasteiger partial charge in [-0.3, -0.25) is 0 Å². The zero-order valence-corrected chi connectivity index (χ0v) is 23.4. The molecule has 10 nitrogen and oxygen atoms in total. The van der Waals surface area contributed by atoms with Crippen molar-refractivity contribution in [2.24, 2.45) is 7.05 Å². The van der Waals surface area contributed by atoms with E-state index in [1.807, 2.05) is 93.2 Å². The van der Waals surface area contributed by atoms with Crippen molar-refractivity contribution in [1.29, 1.82) is 0 Å². The average Bonchev–Trinajstić information content (AvgIpc) is 3.51. The van der Waals surface area contributed by atoms with Gasteiger partial charge in [-0.2, -0.15) is 0 Å². The first kappa shape index (κ1) is 27.7. The van der Waals surface area contributed by atoms with E-state index < -0.39 is 11.8 Å². The lowest BCUT2D eigenvalue weighted by Crippen LogP contribution is -2.28. The van der Waals surface area contributed by atoms with Crippen molar-refractivity contribution in [3.05, 3.63) is 94.5 Å². The van der Waals surface area contributed by atoms with Gasteiger partial charge in [0.2, 0.25) is 0 Å². The molecule has 2 aromatic heterocycles. The SMILES string of the molecule is CCOCOc1cc(OCc2ccccc2)c(-c2nn(C(=O)O)c(=O)n2-c2ccc3c(ccn3C)c2)cc1C(C)C. The third kappa shape index (κ3) is 5.59. The number of hydrogen-bond acceptors (Lipinski definition) is 6. The average molecular weight is 557 g/mol. The van der Waals surface area contributed by atoms with Crippen LogP contribution in [0.4, 0.5) is 4.79 Å². The molecular formula is C31H32N4O6. The van der Waals surface area contributed by atoms with Gasteiger partial charge in [0.1, 0.15) is 18.1 Å². The number of hydrogen-bond donors (Lipinski definition) is 1. The van der Waals surface area contributed by atoms with Crippen LogP contribution in [0.2, 0.25) is 0 Å². The van der Waals surface area contributed by atoms with Crippen molar-refractivity contribution in [3.8, 4) is 28.6 Å². The summed E-state index contributed by atoms with van der Waals surface area (Å²) in [5.74, 6) is 1.11. The van der Waals surface area contributed by atoms with E-state index in [2.05, 4.69) is 5.10 Å². The Morgan fingerprint density at radius 1 is 1.00 bits per heavy atom. The minimum atomic E-state index is -1.48. The van der Waals surface area contributed by atoms with Crippen LogP contribution >= 0.6 is 0 Å². The maximum absolute atomic E-state index is 13.5. The Kier molecular flexibility index (Phi) is 7.93. The molecule has 10 heteroatoms. The molecule has 2 heterocycles. The Hall–Kier alpha value is -4.83. The summed E-state index contributed by atoms with van der Waals surface area (Å²) in [4.78, 5) is 25.5. The highest BCUT2D eigenvalue weighted by atomic mass is 16.7. The van der Waals surface area contributed by atoms with Crippen LogP contribution in [0.1, 0.15) is 37.8 Å². The number of nitrogens with zero attached hydrogens (tertiary/aromatic N) is 4. The van der Waals surface area contributed by atoms with Gasteiger partial charge >= 0.3 is 11.8 Å². The highest BCUT2D eigenvalue weighted by Crippen LogP contribution is 2.39. The molecule has 212 valence electrons. The van der Waals surface area contributed by atoms with Crippen LogP contribution in [-0.2, 0) is 18.4 Å². The van der Waals surface area contributed by atoms with E-state index in [4.69, 9.17) is 14.2 Å². The van der Waals surface area contributed by atoms with Crippen molar-refractivity contribution >= 4 is 17.0 Å². The number of aromatic nitrogens is 4. The van der Waals surface area contributed by atoms with E-state index in [1.54, 1.807) is 12.1 Å². The second-order valence-electron chi connectivity index (χ2n) is 9.88. The molecule has 0 aliphatic carbocycles. The zero-order chi connectivity index (χ0) is 29.1. The van der Waals surface area contributed by atoms with Gasteiger partial charge in [0.15, 0.2) is 12.6 Å². The summed E-state index contributed by atoms with van der Waals surface area (Å²) in [7, 11) is 1.93. The normalized spacial score (nSPS) is 11.3. The van der Waals surface area contributed by atoms with E-state index in [9.17, 15) is 14.7 Å². The number of rotatable bonds is 10. The molecule has 41 heavy (non-hydrogen) atoms. The summed E-state index contributed by atoms with van der Waals surface area (Å²) in [6, 6.07) is 20.7. The predicted molar refractivity (Wildman–Crippen MR) is 155 cm³/mol. The Morgan fingerprint density at radius 3 is 2.49 bits per heavy atom. The first-order chi connectivity index (χ1) is 19.8. The van der Waals surface area contributed by atoms with Crippen molar-refractivity contribution in [3.63, 3.8) is 0 Å². The highest BCUT2D eigenvalue weighted by Gasteiger charge is 2.25. The molecule has 1 N–H and O–H groups in total. The van der Waals surface area contributed by atoms with E-state index in [-0.39, 0.29) is 25.1 Å². The van der Waals surface area contributed by atoms with Gasteiger partial charge in [-0.05, 0) is 54.3 Å². The van der Waals surface area contributed by atoms with E-state index in [0.717, 1.165) is 22.0 Å². The topological polar surface area (TPSA) is 110 Å². The maximum Gasteiger partial charge on any atom is 0.436 e. The third-order valence-electron chi connectivity index (χ3n) is 6.80. The number of carbonyl (C=O) groups is 1. The minimum Gasteiger partial charge on any atom is -0.488 e. The van der Waals surface area contributed by atoms with Gasteiger partial charge in [-0.25, -0.2) is 14.2 Å². The van der Waals surface area contributed by atoms with Crippen molar-refractivity contribution in [1.82, 2.24) is 18.9 Å². The van der Waals surface area contributed by atoms with Crippen molar-refractivity contribution in [2.45, 2.75) is 33.3 Å². The fourth-order valence-corrected chi connectivity index (χ4v) is 4.68. The molecule has 0 fully saturated rings. The fourth-order valence-electron chi connectivity index (χ4n) is 4.68. The second-order valence-corrected chi connectivity index (χ2v) is 9.88. The first-order valence-electron chi connectivity index (χ1n) is 13.3. The quantitative estimate of drug-likeness (QED) is 0.171. The molecule has 5 aromatic rings. The molecule has 5 rings (SSSR count). The lowest BCUT2D eigenvalue weighted by molar-refractivity contribution is 0.0216. The standard InChI is InChI=1S/C31H32N4O6/c1-5-39-19-41-27-17-28(40-18-21-9-7-6-8-10-21)25(16-24(27)20(2)3)29-32-35(31(37)38)30(36)34(29)23-11-12-26-22(15-23)13-14-33(26)4/h6-17,20H,5,18-19H2,1-4H3,(H,37,38). The van der Waals surface area contributed by atoms with Crippen molar-refractivity contribution < 1.29 is 24.1 Å². The number of carboxylic acid groups (broad SMARTS) is 1. The van der Waals surface area contributed by atoms with Crippen LogP contribution in [0.15, 0.2) is 77.7 Å². The predicted octanol–water partition coefficient (Wildman–Crippen LogP) is 5.79. The van der Waals surface area contributed by atoms with Gasteiger partial charge < -0.3 is 23.9 Å². The van der Waals surface area contributed by atoms with E-state index >= 15 is 0 Å². The lowest BCUT2D eigenvalue weighted by Gasteiger charge is -2.19. The summed E-state index contributed by atoms with van der Waals surface area (Å²) in [6.45, 7) is 6.71. The summed E-state index contributed by atoms with van der Waals surface area (Å²) >= 11 is 0. The molecule has 0 atom stereocenters. The summed E-state index contributed by atoms with van der Waals surface area (Å²) in [5, 5.41) is 15.0. The summed E-state index contributed by atoms with van der Waals surface area (Å²) in [5.41, 5.74) is 2.87. The number of aryl methyl sites for hydroxylation is 1. The second kappa shape index (κ2) is 11.7. The summed E-state index contributed by atoms with van der Waals surface area (Å²) < 4.78 is 21.4. The van der Waals surface area contributed by atoms with Crippen LogP contribution in [0, 0.1) is 0 Å². The molecule has 0 spiro atoms. The minimum absolute atomic E-state index is 0.0240. The molecule has 0 unspecified atom stereocenters. The zero-order valence-electron chi connectivity index (χ0n) is 23.4. The lowest BCUT2D eigenvalue weighted by atomic mass is 9.98. The van der Waals surface area contributed by atoms with E-state index in [0.29, 0.717) is 34.0 Å². The Bertz CT molecular complexity index is 1750. The monoisotopic (exact) mass is 556 g/mol. The molecule has 0 radical (unpaired) electrons. The number of ether oxygens (including phenoxy) is 3. The smallest absolute Gasteiger partial charge is 0.436 e. The van der Waals surface area contributed by atoms with Gasteiger partial charge in [0.25, 0.3) is 0 Å². The van der Waals surface area contributed by atoms with Crippen LogP contribution in [-0.4, -0.2) is 43.5 Å². The van der Waals surface area contributed by atoms with Crippen molar-refractivity contribution in [2.75, 3.05) is 13.4 Å². The van der Waals surface area contributed by atoms with E-state index in [1.165, 1.54) is 4.57 Å². The molecule has 0 amide bonds.